The van der Waals surface area contributed by atoms with E-state index in [4.69, 9.17) is 4.18 Å². The summed E-state index contributed by atoms with van der Waals surface area (Å²) in [5.74, 6) is 0.279. The van der Waals surface area contributed by atoms with Gasteiger partial charge in [-0.2, -0.15) is 8.42 Å². The van der Waals surface area contributed by atoms with E-state index in [1.165, 1.54) is 0 Å². The maximum absolute atomic E-state index is 13.4. The first kappa shape index (κ1) is 26.8. The Hall–Kier alpha value is -1.83. The van der Waals surface area contributed by atoms with Crippen molar-refractivity contribution in [2.75, 3.05) is 0 Å². The Morgan fingerprint density at radius 1 is 0.794 bits per heavy atom. The van der Waals surface area contributed by atoms with Crippen molar-refractivity contribution in [3.8, 4) is 11.5 Å². The van der Waals surface area contributed by atoms with Crippen molar-refractivity contribution in [2.24, 2.45) is 0 Å². The SMILES string of the molecule is Cc1cc(C2(c3cc(C)c(O)cc3C(C)C)OS(=O)(=O)c3ccccc32)c(C(C)C)cc1O.[H-].[Na+]. The van der Waals surface area contributed by atoms with Crippen LogP contribution in [0.25, 0.3) is 0 Å². The molecule has 3 aromatic carbocycles. The molecule has 34 heavy (non-hydrogen) atoms. The van der Waals surface area contributed by atoms with Crippen molar-refractivity contribution in [2.45, 2.75) is 63.9 Å². The molecule has 0 saturated carbocycles. The van der Waals surface area contributed by atoms with Crippen molar-refractivity contribution in [3.05, 3.63) is 87.5 Å². The summed E-state index contributed by atoms with van der Waals surface area (Å²) in [6, 6.07) is 13.9. The largest absolute Gasteiger partial charge is 1.00 e. The molecule has 0 aromatic heterocycles. The second-order valence-corrected chi connectivity index (χ2v) is 11.0. The summed E-state index contributed by atoms with van der Waals surface area (Å²) in [6.07, 6.45) is 0. The number of phenols is 2. The minimum Gasteiger partial charge on any atom is -1.00 e. The molecule has 1 aliphatic rings. The van der Waals surface area contributed by atoms with E-state index in [1.807, 2.05) is 45.9 Å². The summed E-state index contributed by atoms with van der Waals surface area (Å²) >= 11 is 0. The van der Waals surface area contributed by atoms with Crippen LogP contribution in [-0.4, -0.2) is 18.6 Å². The molecule has 4 rings (SSSR count). The summed E-state index contributed by atoms with van der Waals surface area (Å²) in [5, 5.41) is 21.0. The molecular formula is C27H31NaO5S. The fraction of sp³-hybridized carbons (Fsp3) is 0.333. The van der Waals surface area contributed by atoms with Crippen LogP contribution in [0, 0.1) is 13.8 Å². The van der Waals surface area contributed by atoms with Gasteiger partial charge in [0.05, 0.1) is 0 Å². The van der Waals surface area contributed by atoms with Crippen LogP contribution in [0.1, 0.15) is 79.9 Å². The Balaban J connectivity index is 0.00000216. The number of aromatic hydroxyl groups is 2. The third-order valence-electron chi connectivity index (χ3n) is 6.51. The van der Waals surface area contributed by atoms with Gasteiger partial charge in [-0.05, 0) is 89.4 Å². The van der Waals surface area contributed by atoms with Crippen molar-refractivity contribution < 1.29 is 53.8 Å². The van der Waals surface area contributed by atoms with Crippen molar-refractivity contribution >= 4 is 10.1 Å². The van der Waals surface area contributed by atoms with Crippen LogP contribution in [-0.2, 0) is 19.9 Å². The third kappa shape index (κ3) is 4.10. The molecule has 7 heteroatoms. The summed E-state index contributed by atoms with van der Waals surface area (Å²) < 4.78 is 32.9. The number of hydrogen-bond acceptors (Lipinski definition) is 5. The Bertz CT molecular complexity index is 1300. The Morgan fingerprint density at radius 2 is 1.24 bits per heavy atom. The smallest absolute Gasteiger partial charge is 1.00 e. The standard InChI is InChI=1S/C27H30O5S.Na.H/c1-15(2)19-13-24(28)17(5)11-22(19)27(21-9-7-8-10-26(21)33(30,31)32-27)23-12-18(6)25(29)14-20(23)16(3)4;;/h7-16,28-29H,1-6H3;;/q;+1;-1. The molecule has 1 heterocycles. The van der Waals surface area contributed by atoms with Gasteiger partial charge in [0.15, 0.2) is 5.60 Å². The monoisotopic (exact) mass is 490 g/mol. The summed E-state index contributed by atoms with van der Waals surface area (Å²) in [5.41, 5.74) is 3.27. The molecule has 0 radical (unpaired) electrons. The van der Waals surface area contributed by atoms with Crippen LogP contribution < -0.4 is 29.6 Å². The second kappa shape index (κ2) is 9.32. The molecule has 0 amide bonds. The molecule has 2 N–H and O–H groups in total. The first-order valence-electron chi connectivity index (χ1n) is 11.1. The van der Waals surface area contributed by atoms with Gasteiger partial charge in [0, 0.05) is 5.56 Å². The number of fused-ring (bicyclic) bond motifs is 1. The zero-order valence-corrected chi connectivity index (χ0v) is 23.6. The number of aryl methyl sites for hydroxylation is 2. The third-order valence-corrected chi connectivity index (χ3v) is 7.87. The minimum absolute atomic E-state index is 0. The number of hydrogen-bond donors (Lipinski definition) is 2. The van der Waals surface area contributed by atoms with Crippen LogP contribution in [0.5, 0.6) is 11.5 Å². The molecule has 1 aliphatic heterocycles. The molecule has 0 fully saturated rings. The maximum atomic E-state index is 13.4. The summed E-state index contributed by atoms with van der Waals surface area (Å²) in [6.45, 7) is 11.6. The molecular weight excluding hydrogens is 459 g/mol. The molecule has 0 aliphatic carbocycles. The van der Waals surface area contributed by atoms with Crippen molar-refractivity contribution in [1.29, 1.82) is 0 Å². The molecule has 0 bridgehead atoms. The average Bonchev–Trinajstić information content (AvgIpc) is 2.99. The van der Waals surface area contributed by atoms with Crippen LogP contribution in [0.3, 0.4) is 0 Å². The quantitative estimate of drug-likeness (QED) is 0.434. The average molecular weight is 491 g/mol. The zero-order valence-electron chi connectivity index (χ0n) is 21.8. The van der Waals surface area contributed by atoms with E-state index >= 15 is 0 Å². The molecule has 0 spiro atoms. The zero-order chi connectivity index (χ0) is 24.3. The van der Waals surface area contributed by atoms with E-state index in [-0.39, 0.29) is 59.2 Å². The van der Waals surface area contributed by atoms with E-state index in [0.29, 0.717) is 27.8 Å². The summed E-state index contributed by atoms with van der Waals surface area (Å²) in [7, 11) is -4.07. The predicted molar refractivity (Wildman–Crippen MR) is 130 cm³/mol. The van der Waals surface area contributed by atoms with Crippen LogP contribution >= 0.6 is 0 Å². The van der Waals surface area contributed by atoms with Gasteiger partial charge in [0.25, 0.3) is 10.1 Å². The van der Waals surface area contributed by atoms with Gasteiger partial charge >= 0.3 is 29.6 Å². The fourth-order valence-electron chi connectivity index (χ4n) is 4.75. The molecule has 176 valence electrons. The van der Waals surface area contributed by atoms with E-state index in [2.05, 4.69) is 0 Å². The summed E-state index contributed by atoms with van der Waals surface area (Å²) in [4.78, 5) is 0.130. The van der Waals surface area contributed by atoms with Crippen LogP contribution in [0.2, 0.25) is 0 Å². The van der Waals surface area contributed by atoms with Gasteiger partial charge in [-0.25, -0.2) is 4.18 Å². The topological polar surface area (TPSA) is 83.8 Å². The number of rotatable bonds is 4. The number of benzene rings is 3. The maximum Gasteiger partial charge on any atom is 1.00 e. The van der Waals surface area contributed by atoms with E-state index in [0.717, 1.165) is 11.1 Å². The van der Waals surface area contributed by atoms with Crippen molar-refractivity contribution in [1.82, 2.24) is 0 Å². The number of phenolic OH excluding ortho intramolecular Hbond substituents is 2. The molecule has 5 nitrogen and oxygen atoms in total. The first-order chi connectivity index (χ1) is 15.4. The molecule has 0 atom stereocenters. The van der Waals surface area contributed by atoms with Gasteiger partial charge in [0.2, 0.25) is 0 Å². The Morgan fingerprint density at radius 3 is 1.68 bits per heavy atom. The van der Waals surface area contributed by atoms with E-state index in [1.54, 1.807) is 44.2 Å². The van der Waals surface area contributed by atoms with Gasteiger partial charge in [-0.15, -0.1) is 0 Å². The molecule has 0 saturated heterocycles. The van der Waals surface area contributed by atoms with Crippen LogP contribution in [0.15, 0.2) is 53.4 Å². The van der Waals surface area contributed by atoms with Gasteiger partial charge < -0.3 is 11.6 Å². The first-order valence-corrected chi connectivity index (χ1v) is 12.5. The molecule has 3 aromatic rings. The predicted octanol–water partition coefficient (Wildman–Crippen LogP) is 3.09. The van der Waals surface area contributed by atoms with Gasteiger partial charge in [-0.3, -0.25) is 0 Å². The Kier molecular flexibility index (Phi) is 7.34. The van der Waals surface area contributed by atoms with Gasteiger partial charge in [0.1, 0.15) is 16.4 Å². The van der Waals surface area contributed by atoms with Gasteiger partial charge in [-0.1, -0.05) is 45.9 Å². The van der Waals surface area contributed by atoms with E-state index < -0.39 is 15.7 Å². The second-order valence-electron chi connectivity index (χ2n) is 9.48. The van der Waals surface area contributed by atoms with E-state index in [9.17, 15) is 18.6 Å². The minimum atomic E-state index is -4.07. The Labute approximate surface area is 225 Å². The van der Waals surface area contributed by atoms with Crippen LogP contribution in [0.4, 0.5) is 0 Å². The van der Waals surface area contributed by atoms with Crippen molar-refractivity contribution in [3.63, 3.8) is 0 Å². The fourth-order valence-corrected chi connectivity index (χ4v) is 6.16. The molecule has 0 unspecified atom stereocenters. The normalized spacial score (nSPS) is 15.9.